The summed E-state index contributed by atoms with van der Waals surface area (Å²) in [4.78, 5) is 36.3. The Labute approximate surface area is 299 Å². The zero-order valence-corrected chi connectivity index (χ0v) is 29.3. The summed E-state index contributed by atoms with van der Waals surface area (Å²) in [5.41, 5.74) is 3.94. The molecule has 0 saturated carbocycles. The van der Waals surface area contributed by atoms with E-state index >= 15 is 0 Å². The topological polar surface area (TPSA) is 162 Å². The number of nitrogens with zero attached hydrogens (tertiary/aromatic N) is 6. The van der Waals surface area contributed by atoms with Gasteiger partial charge in [0.05, 0.1) is 64.2 Å². The second kappa shape index (κ2) is 16.3. The first kappa shape index (κ1) is 36.6. The number of esters is 1. The number of fused-ring (bicyclic) bond motifs is 2. The van der Waals surface area contributed by atoms with E-state index in [1.54, 1.807) is 44.5 Å². The van der Waals surface area contributed by atoms with E-state index in [1.165, 1.54) is 13.3 Å². The van der Waals surface area contributed by atoms with Crippen LogP contribution in [-0.4, -0.2) is 86.2 Å². The van der Waals surface area contributed by atoms with Gasteiger partial charge < -0.3 is 29.1 Å². The van der Waals surface area contributed by atoms with Gasteiger partial charge in [0.1, 0.15) is 12.1 Å². The number of carboxylic acids is 1. The van der Waals surface area contributed by atoms with Crippen LogP contribution in [0, 0.1) is 34.5 Å². The molecule has 2 aromatic carbocycles. The summed E-state index contributed by atoms with van der Waals surface area (Å²) in [6.07, 6.45) is 3.40. The van der Waals surface area contributed by atoms with Crippen molar-refractivity contribution in [2.24, 2.45) is 11.8 Å². The van der Waals surface area contributed by atoms with Gasteiger partial charge in [-0.2, -0.15) is 10.5 Å². The lowest BCUT2D eigenvalue weighted by Gasteiger charge is -2.38. The fourth-order valence-corrected chi connectivity index (χ4v) is 7.01. The standard InChI is InChI=1S/C19H20ClN3O3.C17H16ClN3O3/c1-3-26-19(24)14-6-7-23(11-17(14)25-2)18-12(9-21)10-22-16-5-4-13(20)8-15(16)18;1-24-15-9-21(5-4-12(15)17(22)23)16-10(7-19)8-20-14-3-2-11(18)6-13(14)16/h4-5,8,10,14,17H,3,6-7,11H2,1-2H3;2-3,6,8,12,15H,4-5,9H2,1H3,(H,22,23)/t14-,17+;12-,15+/m01/s1. The van der Waals surface area contributed by atoms with Crippen molar-refractivity contribution in [3.8, 4) is 12.1 Å². The van der Waals surface area contributed by atoms with Crippen LogP contribution in [-0.2, 0) is 23.8 Å². The van der Waals surface area contributed by atoms with Crippen LogP contribution in [0.5, 0.6) is 0 Å². The quantitative estimate of drug-likeness (QED) is 0.227. The van der Waals surface area contributed by atoms with Gasteiger partial charge in [-0.05, 0) is 56.2 Å². The van der Waals surface area contributed by atoms with Crippen molar-refractivity contribution in [1.82, 2.24) is 9.97 Å². The van der Waals surface area contributed by atoms with E-state index in [9.17, 15) is 25.2 Å². The summed E-state index contributed by atoms with van der Waals surface area (Å²) in [6.45, 7) is 4.16. The van der Waals surface area contributed by atoms with Gasteiger partial charge in [0.15, 0.2) is 0 Å². The second-order valence-electron chi connectivity index (χ2n) is 11.9. The Morgan fingerprint density at radius 2 is 1.30 bits per heavy atom. The van der Waals surface area contributed by atoms with Crippen molar-refractivity contribution in [1.29, 1.82) is 10.5 Å². The van der Waals surface area contributed by atoms with Crippen LogP contribution in [0.2, 0.25) is 10.0 Å². The number of carboxylic acid groups (broad SMARTS) is 1. The largest absolute Gasteiger partial charge is 0.481 e. The zero-order valence-electron chi connectivity index (χ0n) is 27.8. The van der Waals surface area contributed by atoms with Crippen LogP contribution in [0.1, 0.15) is 30.9 Å². The zero-order chi connectivity index (χ0) is 35.9. The van der Waals surface area contributed by atoms with Gasteiger partial charge >= 0.3 is 11.9 Å². The Morgan fingerprint density at radius 1 is 0.840 bits per heavy atom. The Morgan fingerprint density at radius 3 is 1.72 bits per heavy atom. The molecule has 6 rings (SSSR count). The molecule has 4 heterocycles. The maximum atomic E-state index is 12.2. The molecule has 0 unspecified atom stereocenters. The van der Waals surface area contributed by atoms with Crippen LogP contribution >= 0.6 is 23.2 Å². The first-order valence-electron chi connectivity index (χ1n) is 16.1. The number of hydrogen-bond donors (Lipinski definition) is 1. The fourth-order valence-electron chi connectivity index (χ4n) is 6.66. The number of rotatable bonds is 7. The third kappa shape index (κ3) is 7.69. The van der Waals surface area contributed by atoms with Crippen molar-refractivity contribution in [3.05, 3.63) is 70.0 Å². The van der Waals surface area contributed by atoms with Crippen LogP contribution < -0.4 is 9.80 Å². The second-order valence-corrected chi connectivity index (χ2v) is 12.8. The number of hydrogen-bond acceptors (Lipinski definition) is 11. The number of carbonyl (C=O) groups is 2. The molecule has 14 heteroatoms. The Kier molecular flexibility index (Phi) is 11.9. The van der Waals surface area contributed by atoms with Crippen LogP contribution in [0.15, 0.2) is 48.8 Å². The summed E-state index contributed by atoms with van der Waals surface area (Å²) in [5.74, 6) is -1.95. The van der Waals surface area contributed by atoms with Gasteiger partial charge in [-0.1, -0.05) is 23.2 Å². The molecule has 2 aromatic heterocycles. The minimum atomic E-state index is -0.857. The first-order chi connectivity index (χ1) is 24.1. The molecule has 0 aliphatic carbocycles. The normalized spacial score (nSPS) is 20.4. The summed E-state index contributed by atoms with van der Waals surface area (Å²) >= 11 is 12.3. The SMILES string of the molecule is CCOC(=O)[C@H]1CCN(c2c(C#N)cnc3ccc(Cl)cc23)C[C@H]1OC.CO[C@H]1CN(c2c(C#N)cnc3ccc(Cl)cc23)CC[C@H]1C(=O)O. The van der Waals surface area contributed by atoms with E-state index in [0.717, 1.165) is 33.2 Å². The van der Waals surface area contributed by atoms with Gasteiger partial charge in [0, 0.05) is 73.6 Å². The lowest BCUT2D eigenvalue weighted by atomic mass is 9.92. The molecule has 1 N–H and O–H groups in total. The van der Waals surface area contributed by atoms with E-state index in [2.05, 4.69) is 27.0 Å². The number of nitriles is 2. The molecule has 2 saturated heterocycles. The third-order valence-electron chi connectivity index (χ3n) is 9.11. The molecule has 2 aliphatic rings. The number of aliphatic carboxylic acids is 1. The van der Waals surface area contributed by atoms with Crippen LogP contribution in [0.25, 0.3) is 21.8 Å². The average molecular weight is 720 g/mol. The van der Waals surface area contributed by atoms with E-state index in [-0.39, 0.29) is 18.0 Å². The molecule has 2 fully saturated rings. The molecular weight excluding hydrogens is 683 g/mol. The maximum absolute atomic E-state index is 12.2. The molecule has 260 valence electrons. The smallest absolute Gasteiger partial charge is 0.311 e. The molecule has 4 aromatic rings. The van der Waals surface area contributed by atoms with E-state index in [1.807, 2.05) is 17.0 Å². The number of ether oxygens (including phenoxy) is 3. The number of carbonyl (C=O) groups excluding carboxylic acids is 1. The highest BCUT2D eigenvalue weighted by Gasteiger charge is 2.37. The van der Waals surface area contributed by atoms with Crippen molar-refractivity contribution in [3.63, 3.8) is 0 Å². The van der Waals surface area contributed by atoms with Crippen LogP contribution in [0.3, 0.4) is 0 Å². The maximum Gasteiger partial charge on any atom is 0.311 e. The van der Waals surface area contributed by atoms with Crippen molar-refractivity contribution < 1.29 is 28.9 Å². The van der Waals surface area contributed by atoms with E-state index < -0.39 is 18.0 Å². The highest BCUT2D eigenvalue weighted by molar-refractivity contribution is 6.32. The summed E-state index contributed by atoms with van der Waals surface area (Å²) in [6, 6.07) is 15.1. The number of piperidine rings is 2. The average Bonchev–Trinajstić information content (AvgIpc) is 3.13. The lowest BCUT2D eigenvalue weighted by molar-refractivity contribution is -0.153. The predicted octanol–water partition coefficient (Wildman–Crippen LogP) is 5.85. The van der Waals surface area contributed by atoms with Gasteiger partial charge in [-0.3, -0.25) is 19.6 Å². The summed E-state index contributed by atoms with van der Waals surface area (Å²) in [5, 5.41) is 31.1. The van der Waals surface area contributed by atoms with Gasteiger partial charge in [0.2, 0.25) is 0 Å². The molecule has 2 aliphatic heterocycles. The summed E-state index contributed by atoms with van der Waals surface area (Å²) < 4.78 is 16.1. The Hall–Kier alpha value is -4.72. The third-order valence-corrected chi connectivity index (χ3v) is 9.58. The molecule has 0 radical (unpaired) electrons. The number of benzene rings is 2. The van der Waals surface area contributed by atoms with Gasteiger partial charge in [-0.15, -0.1) is 0 Å². The van der Waals surface area contributed by atoms with Crippen molar-refractivity contribution in [2.75, 3.05) is 56.8 Å². The fraction of sp³-hybridized carbons (Fsp3) is 0.389. The van der Waals surface area contributed by atoms with Gasteiger partial charge in [-0.25, -0.2) is 0 Å². The minimum Gasteiger partial charge on any atom is -0.481 e. The molecule has 12 nitrogen and oxygen atoms in total. The van der Waals surface area contributed by atoms with Gasteiger partial charge in [0.25, 0.3) is 0 Å². The number of pyridine rings is 2. The highest BCUT2D eigenvalue weighted by atomic mass is 35.5. The molecular formula is C36H36Cl2N6O6. The minimum absolute atomic E-state index is 0.234. The number of halogens is 2. The van der Waals surface area contributed by atoms with E-state index in [4.69, 9.17) is 37.4 Å². The lowest BCUT2D eigenvalue weighted by Crippen LogP contribution is -2.48. The summed E-state index contributed by atoms with van der Waals surface area (Å²) in [7, 11) is 3.10. The van der Waals surface area contributed by atoms with Crippen molar-refractivity contribution >= 4 is 68.3 Å². The molecule has 0 amide bonds. The molecule has 0 spiro atoms. The molecule has 4 atom stereocenters. The van der Waals surface area contributed by atoms with E-state index in [0.29, 0.717) is 66.8 Å². The Bertz CT molecular complexity index is 1980. The number of methoxy groups -OCH3 is 2. The number of aromatic nitrogens is 2. The first-order valence-corrected chi connectivity index (χ1v) is 16.8. The monoisotopic (exact) mass is 718 g/mol. The van der Waals surface area contributed by atoms with Crippen molar-refractivity contribution in [2.45, 2.75) is 32.0 Å². The predicted molar refractivity (Wildman–Crippen MR) is 189 cm³/mol. The molecule has 0 bridgehead atoms. The number of anilines is 2. The Balaban J connectivity index is 0.000000195. The van der Waals surface area contributed by atoms with Crippen LogP contribution in [0.4, 0.5) is 11.4 Å². The highest BCUT2D eigenvalue weighted by Crippen LogP contribution is 2.36. The molecule has 50 heavy (non-hydrogen) atoms.